The van der Waals surface area contributed by atoms with Gasteiger partial charge in [0.2, 0.25) is 0 Å². The van der Waals surface area contributed by atoms with Crippen molar-refractivity contribution in [3.05, 3.63) is 28.8 Å². The molecule has 2 atom stereocenters. The summed E-state index contributed by atoms with van der Waals surface area (Å²) >= 11 is 6.16. The third-order valence-electron chi connectivity index (χ3n) is 2.63. The fourth-order valence-electron chi connectivity index (χ4n) is 1.73. The molecule has 0 aliphatic heterocycles. The molecular weight excluding hydrogens is 264 g/mol. The van der Waals surface area contributed by atoms with E-state index in [0.29, 0.717) is 23.7 Å². The van der Waals surface area contributed by atoms with Crippen molar-refractivity contribution in [3.63, 3.8) is 0 Å². The second kappa shape index (κ2) is 7.36. The van der Waals surface area contributed by atoms with Crippen LogP contribution in [0.4, 0.5) is 0 Å². The predicted molar refractivity (Wildman–Crippen MR) is 77.6 cm³/mol. The number of nitrogens with two attached hydrogens (primary N) is 1. The summed E-state index contributed by atoms with van der Waals surface area (Å²) in [5, 5.41) is 3.33. The minimum atomic E-state index is -0.565. The van der Waals surface area contributed by atoms with Gasteiger partial charge in [-0.15, -0.1) is 0 Å². The first-order valence-electron chi connectivity index (χ1n) is 6.43. The Hall–Kier alpha value is -1.26. The maximum atomic E-state index is 11.7. The van der Waals surface area contributed by atoms with Crippen molar-refractivity contribution in [1.82, 2.24) is 5.32 Å². The van der Waals surface area contributed by atoms with Crippen LogP contribution in [0.3, 0.4) is 0 Å². The van der Waals surface area contributed by atoms with E-state index in [4.69, 9.17) is 22.1 Å². The van der Waals surface area contributed by atoms with Crippen LogP contribution >= 0.6 is 11.6 Å². The molecule has 106 valence electrons. The van der Waals surface area contributed by atoms with Crippen LogP contribution in [-0.4, -0.2) is 24.6 Å². The average Bonchev–Trinajstić information content (AvgIpc) is 2.33. The van der Waals surface area contributed by atoms with Crippen molar-refractivity contribution < 1.29 is 9.53 Å². The van der Waals surface area contributed by atoms with Gasteiger partial charge in [0.25, 0.3) is 5.91 Å². The summed E-state index contributed by atoms with van der Waals surface area (Å²) in [6, 6.07) is 5.37. The lowest BCUT2D eigenvalue weighted by Gasteiger charge is -2.18. The minimum Gasteiger partial charge on any atom is -0.481 e. The number of rotatable bonds is 6. The van der Waals surface area contributed by atoms with Crippen molar-refractivity contribution >= 4 is 17.5 Å². The average molecular weight is 285 g/mol. The lowest BCUT2D eigenvalue weighted by molar-refractivity contribution is -0.127. The third kappa shape index (κ3) is 4.73. The van der Waals surface area contributed by atoms with E-state index in [0.717, 1.165) is 5.56 Å². The fourth-order valence-corrected chi connectivity index (χ4v) is 1.97. The molecule has 0 aliphatic carbocycles. The first kappa shape index (κ1) is 15.8. The normalized spacial score (nSPS) is 13.7. The van der Waals surface area contributed by atoms with E-state index in [1.54, 1.807) is 25.1 Å². The Morgan fingerprint density at radius 1 is 1.47 bits per heavy atom. The van der Waals surface area contributed by atoms with Gasteiger partial charge in [-0.05, 0) is 39.3 Å². The number of halogens is 1. The SMILES string of the molecule is CCNC(=O)C(C)Oc1cccc(Cl)c1CC(C)N. The van der Waals surface area contributed by atoms with Crippen LogP contribution in [0.15, 0.2) is 18.2 Å². The summed E-state index contributed by atoms with van der Waals surface area (Å²) in [6.45, 7) is 6.06. The van der Waals surface area contributed by atoms with E-state index in [9.17, 15) is 4.79 Å². The predicted octanol–water partition coefficient (Wildman–Crippen LogP) is 2.13. The van der Waals surface area contributed by atoms with Gasteiger partial charge in [-0.25, -0.2) is 0 Å². The van der Waals surface area contributed by atoms with Gasteiger partial charge in [0.05, 0.1) is 0 Å². The molecule has 1 rings (SSSR count). The zero-order valence-electron chi connectivity index (χ0n) is 11.6. The molecule has 5 heteroatoms. The van der Waals surface area contributed by atoms with E-state index >= 15 is 0 Å². The number of benzene rings is 1. The molecule has 2 unspecified atom stereocenters. The zero-order chi connectivity index (χ0) is 14.4. The van der Waals surface area contributed by atoms with Crippen molar-refractivity contribution in [2.45, 2.75) is 39.3 Å². The monoisotopic (exact) mass is 284 g/mol. The lowest BCUT2D eigenvalue weighted by Crippen LogP contribution is -2.36. The van der Waals surface area contributed by atoms with Crippen LogP contribution in [-0.2, 0) is 11.2 Å². The largest absolute Gasteiger partial charge is 0.481 e. The number of ether oxygens (including phenoxy) is 1. The maximum Gasteiger partial charge on any atom is 0.260 e. The second-order valence-electron chi connectivity index (χ2n) is 4.55. The van der Waals surface area contributed by atoms with Gasteiger partial charge in [0, 0.05) is 23.2 Å². The molecule has 0 heterocycles. The summed E-state index contributed by atoms with van der Waals surface area (Å²) in [6.07, 6.45) is 0.0437. The number of carbonyl (C=O) groups excluding carboxylic acids is 1. The molecule has 0 aliphatic rings. The molecule has 4 nitrogen and oxygen atoms in total. The summed E-state index contributed by atoms with van der Waals surface area (Å²) in [7, 11) is 0. The molecule has 1 aromatic carbocycles. The number of carbonyl (C=O) groups is 1. The van der Waals surface area contributed by atoms with Crippen molar-refractivity contribution in [2.24, 2.45) is 5.73 Å². The topological polar surface area (TPSA) is 64.3 Å². The highest BCUT2D eigenvalue weighted by Crippen LogP contribution is 2.28. The number of hydrogen-bond acceptors (Lipinski definition) is 3. The molecule has 0 spiro atoms. The highest BCUT2D eigenvalue weighted by atomic mass is 35.5. The first-order valence-corrected chi connectivity index (χ1v) is 6.80. The third-order valence-corrected chi connectivity index (χ3v) is 2.98. The van der Waals surface area contributed by atoms with Gasteiger partial charge in [0.15, 0.2) is 6.10 Å². The molecule has 1 amide bonds. The van der Waals surface area contributed by atoms with Crippen LogP contribution in [0.2, 0.25) is 5.02 Å². The zero-order valence-corrected chi connectivity index (χ0v) is 12.3. The Kier molecular flexibility index (Phi) is 6.12. The Morgan fingerprint density at radius 2 is 2.16 bits per heavy atom. The maximum absolute atomic E-state index is 11.7. The summed E-state index contributed by atoms with van der Waals surface area (Å²) < 4.78 is 5.69. The Bertz CT molecular complexity index is 435. The van der Waals surface area contributed by atoms with Crippen LogP contribution in [0.1, 0.15) is 26.3 Å². The molecular formula is C14H21ClN2O2. The summed E-state index contributed by atoms with van der Waals surface area (Å²) in [4.78, 5) is 11.7. The molecule has 0 aromatic heterocycles. The van der Waals surface area contributed by atoms with E-state index in [2.05, 4.69) is 5.32 Å². The van der Waals surface area contributed by atoms with Crippen molar-refractivity contribution in [1.29, 1.82) is 0 Å². The van der Waals surface area contributed by atoms with Gasteiger partial charge in [-0.3, -0.25) is 4.79 Å². The summed E-state index contributed by atoms with van der Waals surface area (Å²) in [5.74, 6) is 0.470. The van der Waals surface area contributed by atoms with Crippen LogP contribution in [0.5, 0.6) is 5.75 Å². The quantitative estimate of drug-likeness (QED) is 0.841. The van der Waals surface area contributed by atoms with Gasteiger partial charge < -0.3 is 15.8 Å². The number of likely N-dealkylation sites (N-methyl/N-ethyl adjacent to an activating group) is 1. The van der Waals surface area contributed by atoms with E-state index in [1.165, 1.54) is 0 Å². The standard InChI is InChI=1S/C14H21ClN2O2/c1-4-17-14(18)10(3)19-13-7-5-6-12(15)11(13)8-9(2)16/h5-7,9-10H,4,8,16H2,1-3H3,(H,17,18). The second-order valence-corrected chi connectivity index (χ2v) is 4.96. The molecule has 0 radical (unpaired) electrons. The van der Waals surface area contributed by atoms with Crippen molar-refractivity contribution in [2.75, 3.05) is 6.54 Å². The molecule has 19 heavy (non-hydrogen) atoms. The lowest BCUT2D eigenvalue weighted by atomic mass is 10.1. The molecule has 0 saturated carbocycles. The van der Waals surface area contributed by atoms with Gasteiger partial charge >= 0.3 is 0 Å². The van der Waals surface area contributed by atoms with Crippen LogP contribution < -0.4 is 15.8 Å². The van der Waals surface area contributed by atoms with Gasteiger partial charge in [-0.1, -0.05) is 17.7 Å². The molecule has 1 aromatic rings. The number of hydrogen-bond donors (Lipinski definition) is 2. The van der Waals surface area contributed by atoms with Gasteiger partial charge in [0.1, 0.15) is 5.75 Å². The fraction of sp³-hybridized carbons (Fsp3) is 0.500. The van der Waals surface area contributed by atoms with Crippen LogP contribution in [0, 0.1) is 0 Å². The molecule has 3 N–H and O–H groups in total. The Labute approximate surface area is 119 Å². The van der Waals surface area contributed by atoms with Crippen molar-refractivity contribution in [3.8, 4) is 5.75 Å². The van der Waals surface area contributed by atoms with E-state index < -0.39 is 6.10 Å². The first-order chi connectivity index (χ1) is 8.95. The molecule has 0 fully saturated rings. The van der Waals surface area contributed by atoms with Gasteiger partial charge in [-0.2, -0.15) is 0 Å². The summed E-state index contributed by atoms with van der Waals surface area (Å²) in [5.41, 5.74) is 6.65. The minimum absolute atomic E-state index is 0.0259. The Balaban J connectivity index is 2.88. The molecule has 0 saturated heterocycles. The highest BCUT2D eigenvalue weighted by molar-refractivity contribution is 6.31. The smallest absolute Gasteiger partial charge is 0.260 e. The molecule has 0 bridgehead atoms. The number of nitrogens with one attached hydrogen (secondary N) is 1. The van der Waals surface area contributed by atoms with E-state index in [-0.39, 0.29) is 11.9 Å². The number of amides is 1. The van der Waals surface area contributed by atoms with Crippen LogP contribution in [0.25, 0.3) is 0 Å². The van der Waals surface area contributed by atoms with E-state index in [1.807, 2.05) is 13.8 Å². The highest BCUT2D eigenvalue weighted by Gasteiger charge is 2.17. The Morgan fingerprint density at radius 3 is 2.74 bits per heavy atom.